The van der Waals surface area contributed by atoms with Crippen molar-refractivity contribution < 1.29 is 61.8 Å². The summed E-state index contributed by atoms with van der Waals surface area (Å²) in [7, 11) is 3.40. The number of ether oxygens (including phenoxy) is 4. The van der Waals surface area contributed by atoms with Crippen LogP contribution in [0.25, 0.3) is 11.3 Å². The van der Waals surface area contributed by atoms with Gasteiger partial charge in [-0.1, -0.05) is 69.9 Å². The second-order valence-electron chi connectivity index (χ2n) is 13.0. The maximum atomic E-state index is 13.6. The van der Waals surface area contributed by atoms with Crippen LogP contribution >= 0.6 is 0 Å². The molecule has 0 spiro atoms. The Morgan fingerprint density at radius 2 is 1.57 bits per heavy atom. The SMILES string of the molecule is CCCCCC[C@@H](C(=O)NCNC(=O)c1ccc(-c2cc(OCC(=O)OC)cc(C(=O)N[C@@H](CC(=O)OC)C(=O)OC)c2)o1)[C@@H](CC)N(C=O)OCc1ccccc1. The molecule has 0 bridgehead atoms. The molecule has 1 aromatic heterocycles. The topological polar surface area (TPSA) is 218 Å². The molecule has 3 aromatic rings. The number of furan rings is 1. The van der Waals surface area contributed by atoms with Crippen LogP contribution in [0.2, 0.25) is 0 Å². The van der Waals surface area contributed by atoms with Crippen molar-refractivity contribution in [1.29, 1.82) is 0 Å². The van der Waals surface area contributed by atoms with Gasteiger partial charge in [-0.2, -0.15) is 0 Å². The van der Waals surface area contributed by atoms with Gasteiger partial charge < -0.3 is 39.3 Å². The van der Waals surface area contributed by atoms with Gasteiger partial charge in [0, 0.05) is 11.1 Å². The lowest BCUT2D eigenvalue weighted by atomic mass is 9.90. The summed E-state index contributed by atoms with van der Waals surface area (Å²) in [6.07, 6.45) is 4.70. The fourth-order valence-electron chi connectivity index (χ4n) is 5.89. The third-order valence-corrected chi connectivity index (χ3v) is 9.01. The lowest BCUT2D eigenvalue weighted by Gasteiger charge is -2.32. The molecule has 314 valence electrons. The number of hydrogen-bond acceptors (Lipinski definition) is 13. The van der Waals surface area contributed by atoms with E-state index in [-0.39, 0.29) is 47.6 Å². The molecule has 3 atom stereocenters. The first-order valence-electron chi connectivity index (χ1n) is 18.8. The zero-order valence-electron chi connectivity index (χ0n) is 33.4. The lowest BCUT2D eigenvalue weighted by molar-refractivity contribution is -0.200. The van der Waals surface area contributed by atoms with Crippen LogP contribution in [-0.2, 0) is 49.6 Å². The molecule has 0 unspecified atom stereocenters. The summed E-state index contributed by atoms with van der Waals surface area (Å²) < 4.78 is 25.3. The van der Waals surface area contributed by atoms with Crippen molar-refractivity contribution in [2.24, 2.45) is 5.92 Å². The quantitative estimate of drug-likeness (QED) is 0.0275. The van der Waals surface area contributed by atoms with E-state index in [0.717, 1.165) is 45.5 Å². The molecule has 0 aliphatic rings. The number of amides is 4. The first kappa shape index (κ1) is 46.2. The largest absolute Gasteiger partial charge is 0.482 e. The van der Waals surface area contributed by atoms with Crippen molar-refractivity contribution in [2.75, 3.05) is 34.6 Å². The van der Waals surface area contributed by atoms with Crippen LogP contribution < -0.4 is 20.7 Å². The van der Waals surface area contributed by atoms with E-state index in [1.54, 1.807) is 0 Å². The number of carbonyl (C=O) groups excluding carboxylic acids is 7. The highest BCUT2D eigenvalue weighted by Crippen LogP contribution is 2.29. The molecular formula is C41H52N4O13. The third-order valence-electron chi connectivity index (χ3n) is 9.01. The van der Waals surface area contributed by atoms with E-state index in [1.807, 2.05) is 37.3 Å². The minimum absolute atomic E-state index is 0.0361. The van der Waals surface area contributed by atoms with E-state index in [4.69, 9.17) is 18.7 Å². The minimum atomic E-state index is -1.38. The van der Waals surface area contributed by atoms with Crippen molar-refractivity contribution in [3.8, 4) is 17.1 Å². The molecule has 0 saturated heterocycles. The molecule has 2 aromatic carbocycles. The number of esters is 3. The van der Waals surface area contributed by atoms with Crippen molar-refractivity contribution >= 4 is 42.0 Å². The maximum absolute atomic E-state index is 13.6. The average Bonchev–Trinajstić information content (AvgIpc) is 3.75. The molecule has 17 nitrogen and oxygen atoms in total. The molecule has 0 radical (unpaired) electrons. The van der Waals surface area contributed by atoms with Crippen LogP contribution in [0, 0.1) is 5.92 Å². The van der Waals surface area contributed by atoms with Gasteiger partial charge in [0.1, 0.15) is 24.2 Å². The molecule has 0 aliphatic carbocycles. The summed E-state index contributed by atoms with van der Waals surface area (Å²) in [5.74, 6) is -4.81. The van der Waals surface area contributed by atoms with Crippen molar-refractivity contribution in [3.05, 3.63) is 77.6 Å². The molecule has 0 fully saturated rings. The fraction of sp³-hybridized carbons (Fsp3) is 0.439. The van der Waals surface area contributed by atoms with Crippen LogP contribution in [0.3, 0.4) is 0 Å². The first-order chi connectivity index (χ1) is 28.0. The normalized spacial score (nSPS) is 12.2. The zero-order valence-corrected chi connectivity index (χ0v) is 33.4. The van der Waals surface area contributed by atoms with Crippen molar-refractivity contribution in [1.82, 2.24) is 21.0 Å². The smallest absolute Gasteiger partial charge is 0.343 e. The predicted octanol–water partition coefficient (Wildman–Crippen LogP) is 4.09. The molecular weight excluding hydrogens is 756 g/mol. The number of methoxy groups -OCH3 is 3. The summed E-state index contributed by atoms with van der Waals surface area (Å²) in [5, 5.41) is 8.99. The van der Waals surface area contributed by atoms with E-state index in [2.05, 4.69) is 32.3 Å². The molecule has 4 amide bonds. The van der Waals surface area contributed by atoms with Gasteiger partial charge in [-0.05, 0) is 48.7 Å². The van der Waals surface area contributed by atoms with Gasteiger partial charge in [0.15, 0.2) is 12.4 Å². The second-order valence-corrected chi connectivity index (χ2v) is 13.0. The number of unbranched alkanes of at least 4 members (excludes halogenated alkanes) is 3. The Morgan fingerprint density at radius 3 is 2.22 bits per heavy atom. The summed E-state index contributed by atoms with van der Waals surface area (Å²) in [5.41, 5.74) is 1.05. The van der Waals surface area contributed by atoms with Gasteiger partial charge in [0.25, 0.3) is 11.8 Å². The third kappa shape index (κ3) is 14.4. The van der Waals surface area contributed by atoms with Gasteiger partial charge in [-0.25, -0.2) is 14.7 Å². The highest BCUT2D eigenvalue weighted by atomic mass is 16.7. The molecule has 58 heavy (non-hydrogen) atoms. The van der Waals surface area contributed by atoms with Gasteiger partial charge in [0.2, 0.25) is 12.3 Å². The number of nitrogens with zero attached hydrogens (tertiary/aromatic N) is 1. The van der Waals surface area contributed by atoms with Crippen molar-refractivity contribution in [3.63, 3.8) is 0 Å². The van der Waals surface area contributed by atoms with E-state index in [9.17, 15) is 33.6 Å². The highest BCUT2D eigenvalue weighted by Gasteiger charge is 2.32. The van der Waals surface area contributed by atoms with Gasteiger partial charge in [-0.3, -0.25) is 28.8 Å². The molecule has 3 N–H and O–H groups in total. The fourth-order valence-corrected chi connectivity index (χ4v) is 5.89. The van der Waals surface area contributed by atoms with Crippen LogP contribution in [0.15, 0.2) is 65.1 Å². The van der Waals surface area contributed by atoms with E-state index < -0.39 is 60.8 Å². The monoisotopic (exact) mass is 808 g/mol. The molecule has 1 heterocycles. The lowest BCUT2D eigenvalue weighted by Crippen LogP contribution is -2.48. The van der Waals surface area contributed by atoms with Crippen molar-refractivity contribution in [2.45, 2.75) is 77.5 Å². The molecule has 0 saturated carbocycles. The number of hydrogen-bond donors (Lipinski definition) is 3. The molecule has 0 aliphatic heterocycles. The minimum Gasteiger partial charge on any atom is -0.482 e. The summed E-state index contributed by atoms with van der Waals surface area (Å²) in [6, 6.07) is 14.4. The van der Waals surface area contributed by atoms with Crippen LogP contribution in [0.1, 0.15) is 85.3 Å². The Balaban J connectivity index is 1.76. The zero-order chi connectivity index (χ0) is 42.5. The summed E-state index contributed by atoms with van der Waals surface area (Å²) in [4.78, 5) is 94.2. The summed E-state index contributed by atoms with van der Waals surface area (Å²) in [6.45, 7) is 3.35. The Labute approximate surface area is 337 Å². The van der Waals surface area contributed by atoms with Crippen LogP contribution in [-0.4, -0.2) is 93.8 Å². The highest BCUT2D eigenvalue weighted by molar-refractivity contribution is 5.99. The Hall–Kier alpha value is -6.23. The van der Waals surface area contributed by atoms with Crippen LogP contribution in [0.5, 0.6) is 5.75 Å². The van der Waals surface area contributed by atoms with E-state index >= 15 is 0 Å². The second kappa shape index (κ2) is 24.4. The first-order valence-corrected chi connectivity index (χ1v) is 18.8. The standard InChI is InChI=1S/C41H52N4O13/c1-6-8-9-13-16-31(33(7-2)45(26-46)57-23-27-14-11-10-12-15-27)39(50)42-25-43-40(51)35-18-17-34(58-35)28-19-29(21-30(20-28)56-24-37(48)54-4)38(49)44-32(41(52)55-5)22-36(47)53-3/h10-12,14-15,17-21,26,31-33H,6-9,13,16,22-25H2,1-5H3,(H,42,50)(H,43,51)(H,44,49)/t31-,32+,33-/m1/s1. The van der Waals surface area contributed by atoms with Gasteiger partial charge in [-0.15, -0.1) is 0 Å². The number of carbonyl (C=O) groups is 7. The number of hydroxylamine groups is 2. The summed E-state index contributed by atoms with van der Waals surface area (Å²) >= 11 is 0. The Kier molecular flexibility index (Phi) is 19.4. The molecule has 3 rings (SSSR count). The number of benzene rings is 2. The van der Waals surface area contributed by atoms with Gasteiger partial charge in [0.05, 0.1) is 46.4 Å². The average molecular weight is 809 g/mol. The number of nitrogens with one attached hydrogen (secondary N) is 3. The Bertz CT molecular complexity index is 1830. The van der Waals surface area contributed by atoms with E-state index in [0.29, 0.717) is 19.3 Å². The number of rotatable bonds is 25. The molecule has 17 heteroatoms. The van der Waals surface area contributed by atoms with E-state index in [1.165, 1.54) is 42.5 Å². The van der Waals surface area contributed by atoms with Crippen LogP contribution in [0.4, 0.5) is 0 Å². The van der Waals surface area contributed by atoms with Gasteiger partial charge >= 0.3 is 17.9 Å². The maximum Gasteiger partial charge on any atom is 0.343 e. The predicted molar refractivity (Wildman–Crippen MR) is 207 cm³/mol. The Morgan fingerprint density at radius 1 is 0.828 bits per heavy atom.